The fraction of sp³-hybridized carbons (Fsp3) is 0.250. The molecule has 4 rings (SSSR count). The summed E-state index contributed by atoms with van der Waals surface area (Å²) >= 11 is 0. The molecule has 0 N–H and O–H groups in total. The molecule has 0 spiro atoms. The van der Waals surface area contributed by atoms with Gasteiger partial charge in [0.05, 0.1) is 25.3 Å². The number of hydrogen-bond donors (Lipinski definition) is 0. The Morgan fingerprint density at radius 2 is 1.44 bits per heavy atom. The summed E-state index contributed by atoms with van der Waals surface area (Å²) in [6.07, 6.45) is 3.11. The van der Waals surface area contributed by atoms with E-state index in [2.05, 4.69) is 9.97 Å². The molecule has 0 bridgehead atoms. The number of rotatable bonds is 5. The van der Waals surface area contributed by atoms with Gasteiger partial charge in [0.15, 0.2) is 5.82 Å². The Balaban J connectivity index is 1.39. The molecule has 8 nitrogen and oxygen atoms in total. The van der Waals surface area contributed by atoms with E-state index in [0.717, 1.165) is 5.56 Å². The number of methoxy groups -OCH3 is 2. The minimum atomic E-state index is -0.140. The van der Waals surface area contributed by atoms with Gasteiger partial charge >= 0.3 is 0 Å². The Morgan fingerprint density at radius 3 is 2.03 bits per heavy atom. The lowest BCUT2D eigenvalue weighted by molar-refractivity contribution is 0.0533. The van der Waals surface area contributed by atoms with Crippen molar-refractivity contribution in [1.82, 2.24) is 19.8 Å². The standard InChI is InChI=1S/C24H24N4O4/c1-31-19-8-9-20(21(14-19)32-2)24(30)28-12-10-27(11-13-28)23(29)18-15-25-22(26-16-18)17-6-4-3-5-7-17/h3-9,14-16H,10-13H2,1-2H3. The molecule has 2 aromatic carbocycles. The van der Waals surface area contributed by atoms with E-state index in [-0.39, 0.29) is 11.8 Å². The van der Waals surface area contributed by atoms with Gasteiger partial charge in [-0.25, -0.2) is 9.97 Å². The molecule has 164 valence electrons. The normalized spacial score (nSPS) is 13.6. The van der Waals surface area contributed by atoms with Crippen LogP contribution in [-0.2, 0) is 0 Å². The number of piperazine rings is 1. The summed E-state index contributed by atoms with van der Waals surface area (Å²) in [5.74, 6) is 1.38. The predicted molar refractivity (Wildman–Crippen MR) is 119 cm³/mol. The third-order valence-electron chi connectivity index (χ3n) is 5.42. The molecule has 0 aliphatic carbocycles. The van der Waals surface area contributed by atoms with E-state index in [4.69, 9.17) is 9.47 Å². The second-order valence-electron chi connectivity index (χ2n) is 7.31. The van der Waals surface area contributed by atoms with Crippen LogP contribution in [0.4, 0.5) is 0 Å². The first-order chi connectivity index (χ1) is 15.6. The van der Waals surface area contributed by atoms with Crippen LogP contribution in [0.25, 0.3) is 11.4 Å². The van der Waals surface area contributed by atoms with E-state index in [1.165, 1.54) is 7.11 Å². The number of hydrogen-bond acceptors (Lipinski definition) is 6. The maximum Gasteiger partial charge on any atom is 0.257 e. The summed E-state index contributed by atoms with van der Waals surface area (Å²) in [5.41, 5.74) is 1.80. The van der Waals surface area contributed by atoms with Crippen LogP contribution in [0.3, 0.4) is 0 Å². The van der Waals surface area contributed by atoms with E-state index in [1.807, 2.05) is 30.3 Å². The van der Waals surface area contributed by atoms with Crippen LogP contribution >= 0.6 is 0 Å². The van der Waals surface area contributed by atoms with Crippen LogP contribution in [0.2, 0.25) is 0 Å². The van der Waals surface area contributed by atoms with Crippen molar-refractivity contribution in [3.05, 3.63) is 72.1 Å². The predicted octanol–water partition coefficient (Wildman–Crippen LogP) is 2.76. The number of amides is 2. The van der Waals surface area contributed by atoms with Gasteiger partial charge in [-0.1, -0.05) is 30.3 Å². The van der Waals surface area contributed by atoms with E-state index >= 15 is 0 Å². The largest absolute Gasteiger partial charge is 0.497 e. The van der Waals surface area contributed by atoms with Gasteiger partial charge in [0.2, 0.25) is 0 Å². The number of benzene rings is 2. The molecule has 1 saturated heterocycles. The zero-order chi connectivity index (χ0) is 22.5. The van der Waals surface area contributed by atoms with Crippen LogP contribution < -0.4 is 9.47 Å². The van der Waals surface area contributed by atoms with Crippen molar-refractivity contribution in [2.75, 3.05) is 40.4 Å². The second-order valence-corrected chi connectivity index (χ2v) is 7.31. The zero-order valence-corrected chi connectivity index (χ0v) is 18.0. The lowest BCUT2D eigenvalue weighted by Gasteiger charge is -2.35. The van der Waals surface area contributed by atoms with Crippen molar-refractivity contribution in [3.8, 4) is 22.9 Å². The van der Waals surface area contributed by atoms with Crippen molar-refractivity contribution in [2.24, 2.45) is 0 Å². The summed E-state index contributed by atoms with van der Waals surface area (Å²) < 4.78 is 10.5. The van der Waals surface area contributed by atoms with Gasteiger partial charge in [0.1, 0.15) is 11.5 Å². The lowest BCUT2D eigenvalue weighted by atomic mass is 10.1. The van der Waals surface area contributed by atoms with E-state index < -0.39 is 0 Å². The molecule has 1 aliphatic heterocycles. The molecule has 8 heteroatoms. The highest BCUT2D eigenvalue weighted by atomic mass is 16.5. The summed E-state index contributed by atoms with van der Waals surface area (Å²) in [6, 6.07) is 14.7. The quantitative estimate of drug-likeness (QED) is 0.616. The highest BCUT2D eigenvalue weighted by Gasteiger charge is 2.27. The fourth-order valence-corrected chi connectivity index (χ4v) is 3.62. The minimum absolute atomic E-state index is 0.132. The first kappa shape index (κ1) is 21.3. The Hall–Kier alpha value is -3.94. The Morgan fingerprint density at radius 1 is 0.812 bits per heavy atom. The lowest BCUT2D eigenvalue weighted by Crippen LogP contribution is -2.50. The number of nitrogens with zero attached hydrogens (tertiary/aromatic N) is 4. The molecule has 1 fully saturated rings. The molecule has 1 aliphatic rings. The second kappa shape index (κ2) is 9.47. The maximum absolute atomic E-state index is 13.0. The van der Waals surface area contributed by atoms with Gasteiger partial charge in [-0.3, -0.25) is 9.59 Å². The topological polar surface area (TPSA) is 84.9 Å². The molecule has 3 aromatic rings. The van der Waals surface area contributed by atoms with Crippen molar-refractivity contribution in [2.45, 2.75) is 0 Å². The molecule has 0 radical (unpaired) electrons. The molecule has 0 unspecified atom stereocenters. The monoisotopic (exact) mass is 432 g/mol. The van der Waals surface area contributed by atoms with Gasteiger partial charge < -0.3 is 19.3 Å². The van der Waals surface area contributed by atoms with Crippen molar-refractivity contribution < 1.29 is 19.1 Å². The van der Waals surface area contributed by atoms with Crippen molar-refractivity contribution in [1.29, 1.82) is 0 Å². The molecule has 2 amide bonds. The molecule has 32 heavy (non-hydrogen) atoms. The van der Waals surface area contributed by atoms with Crippen LogP contribution in [0, 0.1) is 0 Å². The highest BCUT2D eigenvalue weighted by Crippen LogP contribution is 2.26. The smallest absolute Gasteiger partial charge is 0.257 e. The fourth-order valence-electron chi connectivity index (χ4n) is 3.62. The van der Waals surface area contributed by atoms with E-state index in [9.17, 15) is 9.59 Å². The van der Waals surface area contributed by atoms with E-state index in [0.29, 0.717) is 54.6 Å². The first-order valence-electron chi connectivity index (χ1n) is 10.3. The van der Waals surface area contributed by atoms with Gasteiger partial charge in [-0.05, 0) is 12.1 Å². The zero-order valence-electron chi connectivity index (χ0n) is 18.0. The molecule has 2 heterocycles. The molecular formula is C24H24N4O4. The summed E-state index contributed by atoms with van der Waals surface area (Å²) in [6.45, 7) is 1.73. The van der Waals surface area contributed by atoms with Gasteiger partial charge in [-0.15, -0.1) is 0 Å². The van der Waals surface area contributed by atoms with Crippen molar-refractivity contribution in [3.63, 3.8) is 0 Å². The number of ether oxygens (including phenoxy) is 2. The van der Waals surface area contributed by atoms with Crippen LogP contribution in [-0.4, -0.2) is 72.0 Å². The summed E-state index contributed by atoms with van der Waals surface area (Å²) in [7, 11) is 3.08. The van der Waals surface area contributed by atoms with E-state index in [1.54, 1.807) is 47.5 Å². The van der Waals surface area contributed by atoms with Gasteiger partial charge in [0, 0.05) is 50.2 Å². The van der Waals surface area contributed by atoms with Gasteiger partial charge in [0.25, 0.3) is 11.8 Å². The number of aromatic nitrogens is 2. The third kappa shape index (κ3) is 4.39. The summed E-state index contributed by atoms with van der Waals surface area (Å²) in [4.78, 5) is 38.0. The maximum atomic E-state index is 13.0. The Labute approximate surface area is 186 Å². The minimum Gasteiger partial charge on any atom is -0.497 e. The Kier molecular flexibility index (Phi) is 6.30. The average Bonchev–Trinajstić information content (AvgIpc) is 2.88. The Bertz CT molecular complexity index is 1090. The van der Waals surface area contributed by atoms with Crippen LogP contribution in [0.15, 0.2) is 60.9 Å². The highest BCUT2D eigenvalue weighted by molar-refractivity contribution is 5.98. The van der Waals surface area contributed by atoms with Crippen LogP contribution in [0.1, 0.15) is 20.7 Å². The first-order valence-corrected chi connectivity index (χ1v) is 10.3. The molecular weight excluding hydrogens is 408 g/mol. The SMILES string of the molecule is COc1ccc(C(=O)N2CCN(C(=O)c3cnc(-c4ccccc4)nc3)CC2)c(OC)c1. The number of carbonyl (C=O) groups excluding carboxylic acids is 2. The third-order valence-corrected chi connectivity index (χ3v) is 5.42. The molecule has 0 saturated carbocycles. The molecule has 0 atom stereocenters. The average molecular weight is 432 g/mol. The molecule has 1 aromatic heterocycles. The van der Waals surface area contributed by atoms with Crippen LogP contribution in [0.5, 0.6) is 11.5 Å². The summed E-state index contributed by atoms with van der Waals surface area (Å²) in [5, 5.41) is 0. The number of carbonyl (C=O) groups is 2. The van der Waals surface area contributed by atoms with Gasteiger partial charge in [-0.2, -0.15) is 0 Å². The van der Waals surface area contributed by atoms with Crippen molar-refractivity contribution >= 4 is 11.8 Å².